The van der Waals surface area contributed by atoms with Crippen LogP contribution in [-0.4, -0.2) is 33.0 Å². The third-order valence-corrected chi connectivity index (χ3v) is 4.04. The van der Waals surface area contributed by atoms with Crippen LogP contribution in [0.15, 0.2) is 21.1 Å². The molecule has 0 fully saturated rings. The molecular weight excluding hydrogens is 406 g/mol. The standard InChI is InChI=1S/C13H13Br2N3O3/c1-6(2)12-16-11(13(19)20)17-18(12)9-5-10(21-3)8(15)4-7(9)14/h4-6H,1-3H3,(H,19,20). The van der Waals surface area contributed by atoms with Crippen molar-refractivity contribution in [3.8, 4) is 11.4 Å². The minimum Gasteiger partial charge on any atom is -0.495 e. The number of aromatic carboxylic acids is 1. The van der Waals surface area contributed by atoms with Crippen LogP contribution in [0.3, 0.4) is 0 Å². The van der Waals surface area contributed by atoms with Gasteiger partial charge in [-0.15, -0.1) is 5.10 Å². The van der Waals surface area contributed by atoms with E-state index < -0.39 is 5.97 Å². The molecule has 1 aromatic heterocycles. The summed E-state index contributed by atoms with van der Waals surface area (Å²) in [5.74, 6) is -0.178. The summed E-state index contributed by atoms with van der Waals surface area (Å²) in [4.78, 5) is 15.2. The van der Waals surface area contributed by atoms with Crippen molar-refractivity contribution in [3.63, 3.8) is 0 Å². The van der Waals surface area contributed by atoms with Crippen molar-refractivity contribution in [2.45, 2.75) is 19.8 Å². The van der Waals surface area contributed by atoms with E-state index in [1.54, 1.807) is 13.2 Å². The smallest absolute Gasteiger partial charge is 0.375 e. The first-order chi connectivity index (χ1) is 9.85. The maximum absolute atomic E-state index is 11.1. The molecule has 112 valence electrons. The maximum Gasteiger partial charge on any atom is 0.375 e. The summed E-state index contributed by atoms with van der Waals surface area (Å²) in [5, 5.41) is 13.2. The molecule has 8 heteroatoms. The number of benzene rings is 1. The van der Waals surface area contributed by atoms with E-state index in [-0.39, 0.29) is 11.7 Å². The SMILES string of the molecule is COc1cc(-n2nc(C(=O)O)nc2C(C)C)c(Br)cc1Br. The summed E-state index contributed by atoms with van der Waals surface area (Å²) in [6.45, 7) is 3.85. The normalized spacial score (nSPS) is 11.0. The van der Waals surface area contributed by atoms with Gasteiger partial charge in [-0.05, 0) is 37.9 Å². The van der Waals surface area contributed by atoms with Gasteiger partial charge in [0.05, 0.1) is 17.3 Å². The highest BCUT2D eigenvalue weighted by Crippen LogP contribution is 2.34. The quantitative estimate of drug-likeness (QED) is 0.820. The number of aromatic nitrogens is 3. The summed E-state index contributed by atoms with van der Waals surface area (Å²) in [6, 6.07) is 3.58. The molecule has 0 saturated heterocycles. The molecule has 0 bridgehead atoms. The van der Waals surface area contributed by atoms with Gasteiger partial charge in [-0.25, -0.2) is 14.5 Å². The molecule has 2 aromatic rings. The summed E-state index contributed by atoms with van der Waals surface area (Å²) in [6.07, 6.45) is 0. The second-order valence-electron chi connectivity index (χ2n) is 4.60. The Morgan fingerprint density at radius 3 is 2.52 bits per heavy atom. The highest BCUT2D eigenvalue weighted by Gasteiger charge is 2.21. The maximum atomic E-state index is 11.1. The van der Waals surface area contributed by atoms with Gasteiger partial charge in [-0.1, -0.05) is 13.8 Å². The lowest BCUT2D eigenvalue weighted by Crippen LogP contribution is -2.06. The number of carbonyl (C=O) groups is 1. The molecule has 21 heavy (non-hydrogen) atoms. The van der Waals surface area contributed by atoms with Crippen LogP contribution in [0.2, 0.25) is 0 Å². The Kier molecular flexibility index (Phi) is 4.67. The average molecular weight is 419 g/mol. The van der Waals surface area contributed by atoms with Gasteiger partial charge in [0, 0.05) is 16.5 Å². The molecule has 0 aliphatic heterocycles. The Balaban J connectivity index is 2.68. The Morgan fingerprint density at radius 1 is 1.33 bits per heavy atom. The largest absolute Gasteiger partial charge is 0.495 e. The second-order valence-corrected chi connectivity index (χ2v) is 6.31. The number of methoxy groups -OCH3 is 1. The molecule has 0 aliphatic carbocycles. The van der Waals surface area contributed by atoms with Gasteiger partial charge in [0.25, 0.3) is 5.82 Å². The van der Waals surface area contributed by atoms with Crippen molar-refractivity contribution in [1.82, 2.24) is 14.8 Å². The molecule has 6 nitrogen and oxygen atoms in total. The van der Waals surface area contributed by atoms with E-state index in [0.29, 0.717) is 17.3 Å². The van der Waals surface area contributed by atoms with Gasteiger partial charge >= 0.3 is 5.97 Å². The fourth-order valence-corrected chi connectivity index (χ4v) is 3.13. The fourth-order valence-electron chi connectivity index (χ4n) is 1.80. The van der Waals surface area contributed by atoms with E-state index in [4.69, 9.17) is 9.84 Å². The van der Waals surface area contributed by atoms with Gasteiger partial charge in [-0.2, -0.15) is 0 Å². The van der Waals surface area contributed by atoms with Crippen molar-refractivity contribution < 1.29 is 14.6 Å². The van der Waals surface area contributed by atoms with Crippen LogP contribution in [0.5, 0.6) is 5.75 Å². The molecule has 2 rings (SSSR count). The van der Waals surface area contributed by atoms with E-state index in [9.17, 15) is 4.79 Å². The first kappa shape index (κ1) is 16.0. The molecule has 0 unspecified atom stereocenters. The number of hydrogen-bond acceptors (Lipinski definition) is 4. The summed E-state index contributed by atoms with van der Waals surface area (Å²) < 4.78 is 8.32. The highest BCUT2D eigenvalue weighted by atomic mass is 79.9. The lowest BCUT2D eigenvalue weighted by atomic mass is 10.2. The minimum absolute atomic E-state index is 0.0205. The van der Waals surface area contributed by atoms with Crippen LogP contribution in [0.1, 0.15) is 36.2 Å². The minimum atomic E-state index is -1.16. The van der Waals surface area contributed by atoms with Crippen LogP contribution in [-0.2, 0) is 0 Å². The average Bonchev–Trinajstić information content (AvgIpc) is 2.84. The van der Waals surface area contributed by atoms with Crippen LogP contribution in [0, 0.1) is 0 Å². The Morgan fingerprint density at radius 2 is 2.00 bits per heavy atom. The van der Waals surface area contributed by atoms with Crippen molar-refractivity contribution in [3.05, 3.63) is 32.7 Å². The molecular formula is C13H13Br2N3O3. The number of hydrogen-bond donors (Lipinski definition) is 1. The predicted octanol–water partition coefficient (Wildman–Crippen LogP) is 3.62. The molecule has 0 radical (unpaired) electrons. The summed E-state index contributed by atoms with van der Waals surface area (Å²) >= 11 is 6.85. The van der Waals surface area contributed by atoms with Gasteiger partial charge in [0.15, 0.2) is 0 Å². The third kappa shape index (κ3) is 3.11. The van der Waals surface area contributed by atoms with Gasteiger partial charge in [0.1, 0.15) is 11.6 Å². The lowest BCUT2D eigenvalue weighted by Gasteiger charge is -2.12. The second kappa shape index (κ2) is 6.15. The number of rotatable bonds is 4. The Bertz CT molecular complexity index is 698. The van der Waals surface area contributed by atoms with Crippen molar-refractivity contribution >= 4 is 37.8 Å². The zero-order chi connectivity index (χ0) is 15.7. The fraction of sp³-hybridized carbons (Fsp3) is 0.308. The van der Waals surface area contributed by atoms with Crippen LogP contribution < -0.4 is 4.74 Å². The van der Waals surface area contributed by atoms with Crippen LogP contribution in [0.4, 0.5) is 0 Å². The topological polar surface area (TPSA) is 77.2 Å². The molecule has 1 heterocycles. The summed E-state index contributed by atoms with van der Waals surface area (Å²) in [5.41, 5.74) is 0.666. The molecule has 0 saturated carbocycles. The number of nitrogens with zero attached hydrogens (tertiary/aromatic N) is 3. The van der Waals surface area contributed by atoms with E-state index in [1.165, 1.54) is 4.68 Å². The third-order valence-electron chi connectivity index (χ3n) is 2.79. The number of halogens is 2. The molecule has 1 N–H and O–H groups in total. The van der Waals surface area contributed by atoms with E-state index in [1.807, 2.05) is 19.9 Å². The van der Waals surface area contributed by atoms with Crippen molar-refractivity contribution in [2.24, 2.45) is 0 Å². The Hall–Kier alpha value is -1.41. The van der Waals surface area contributed by atoms with Crippen LogP contribution >= 0.6 is 31.9 Å². The number of carboxylic acids is 1. The lowest BCUT2D eigenvalue weighted by molar-refractivity contribution is 0.0683. The van der Waals surface area contributed by atoms with Gasteiger partial charge in [-0.3, -0.25) is 0 Å². The van der Waals surface area contributed by atoms with Crippen molar-refractivity contribution in [1.29, 1.82) is 0 Å². The van der Waals surface area contributed by atoms with E-state index in [0.717, 1.165) is 8.95 Å². The van der Waals surface area contributed by atoms with E-state index in [2.05, 4.69) is 41.9 Å². The van der Waals surface area contributed by atoms with Crippen LogP contribution in [0.25, 0.3) is 5.69 Å². The zero-order valence-electron chi connectivity index (χ0n) is 11.6. The summed E-state index contributed by atoms with van der Waals surface area (Å²) in [7, 11) is 1.56. The number of ether oxygens (including phenoxy) is 1. The molecule has 0 spiro atoms. The van der Waals surface area contributed by atoms with Gasteiger partial charge in [0.2, 0.25) is 0 Å². The number of carboxylic acid groups (broad SMARTS) is 1. The van der Waals surface area contributed by atoms with Crippen molar-refractivity contribution in [2.75, 3.05) is 7.11 Å². The zero-order valence-corrected chi connectivity index (χ0v) is 14.8. The Labute approximate surface area is 138 Å². The van der Waals surface area contributed by atoms with E-state index >= 15 is 0 Å². The highest BCUT2D eigenvalue weighted by molar-refractivity contribution is 9.11. The first-order valence-corrected chi connectivity index (χ1v) is 7.67. The molecule has 0 atom stereocenters. The molecule has 1 aromatic carbocycles. The first-order valence-electron chi connectivity index (χ1n) is 6.08. The van der Waals surface area contributed by atoms with Gasteiger partial charge < -0.3 is 9.84 Å². The predicted molar refractivity (Wildman–Crippen MR) is 84.4 cm³/mol. The molecule has 0 aliphatic rings. The monoisotopic (exact) mass is 417 g/mol. The molecule has 0 amide bonds.